The highest BCUT2D eigenvalue weighted by Crippen LogP contribution is 2.35. The minimum atomic E-state index is -0.257. The average molecular weight is 275 g/mol. The van der Waals surface area contributed by atoms with E-state index in [-0.39, 0.29) is 5.82 Å². The quantitative estimate of drug-likeness (QED) is 0.908. The summed E-state index contributed by atoms with van der Waals surface area (Å²) in [7, 11) is 5.06. The van der Waals surface area contributed by atoms with E-state index < -0.39 is 0 Å². The van der Waals surface area contributed by atoms with Crippen LogP contribution in [0.2, 0.25) is 0 Å². The molecule has 0 saturated heterocycles. The Balaban J connectivity index is 2.60. The van der Waals surface area contributed by atoms with Crippen molar-refractivity contribution in [3.63, 3.8) is 0 Å². The maximum atomic E-state index is 13.4. The lowest BCUT2D eigenvalue weighted by atomic mass is 9.98. The SMILES string of the molecule is CNCc1cc(OC)c(OC)cc1-c1cccc(F)c1. The van der Waals surface area contributed by atoms with E-state index in [9.17, 15) is 4.39 Å². The molecule has 0 aliphatic carbocycles. The van der Waals surface area contributed by atoms with Crippen LogP contribution < -0.4 is 14.8 Å². The van der Waals surface area contributed by atoms with E-state index in [0.717, 1.165) is 16.7 Å². The van der Waals surface area contributed by atoms with Crippen molar-refractivity contribution in [2.75, 3.05) is 21.3 Å². The van der Waals surface area contributed by atoms with Gasteiger partial charge in [0.1, 0.15) is 5.82 Å². The molecule has 4 heteroatoms. The van der Waals surface area contributed by atoms with Gasteiger partial charge in [0.05, 0.1) is 14.2 Å². The molecule has 0 bridgehead atoms. The highest BCUT2D eigenvalue weighted by molar-refractivity contribution is 5.71. The topological polar surface area (TPSA) is 30.5 Å². The summed E-state index contributed by atoms with van der Waals surface area (Å²) in [5.41, 5.74) is 2.77. The summed E-state index contributed by atoms with van der Waals surface area (Å²) in [6, 6.07) is 10.3. The van der Waals surface area contributed by atoms with Crippen LogP contribution in [0.3, 0.4) is 0 Å². The van der Waals surface area contributed by atoms with Crippen LogP contribution in [0.1, 0.15) is 5.56 Å². The first-order valence-corrected chi connectivity index (χ1v) is 6.35. The van der Waals surface area contributed by atoms with Crippen LogP contribution in [0.15, 0.2) is 36.4 Å². The average Bonchev–Trinajstić information content (AvgIpc) is 2.47. The van der Waals surface area contributed by atoms with Crippen molar-refractivity contribution in [1.82, 2.24) is 5.32 Å². The van der Waals surface area contributed by atoms with Gasteiger partial charge >= 0.3 is 0 Å². The summed E-state index contributed by atoms with van der Waals surface area (Å²) in [4.78, 5) is 0. The first kappa shape index (κ1) is 14.3. The summed E-state index contributed by atoms with van der Waals surface area (Å²) in [5, 5.41) is 3.11. The number of ether oxygens (including phenoxy) is 2. The molecule has 20 heavy (non-hydrogen) atoms. The third kappa shape index (κ3) is 2.91. The molecule has 0 aliphatic heterocycles. The fourth-order valence-corrected chi connectivity index (χ4v) is 2.18. The second-order valence-corrected chi connectivity index (χ2v) is 4.41. The van der Waals surface area contributed by atoms with E-state index in [1.807, 2.05) is 25.2 Å². The van der Waals surface area contributed by atoms with Gasteiger partial charge in [0.15, 0.2) is 11.5 Å². The van der Waals surface area contributed by atoms with Crippen molar-refractivity contribution in [3.8, 4) is 22.6 Å². The first-order valence-electron chi connectivity index (χ1n) is 6.35. The number of halogens is 1. The van der Waals surface area contributed by atoms with Crippen LogP contribution in [-0.4, -0.2) is 21.3 Å². The molecule has 2 aromatic rings. The number of rotatable bonds is 5. The molecule has 0 amide bonds. The summed E-state index contributed by atoms with van der Waals surface area (Å²) in [6.07, 6.45) is 0. The summed E-state index contributed by atoms with van der Waals surface area (Å²) in [5.74, 6) is 1.04. The van der Waals surface area contributed by atoms with E-state index in [1.165, 1.54) is 12.1 Å². The number of nitrogens with one attached hydrogen (secondary N) is 1. The molecule has 0 saturated carbocycles. The van der Waals surface area contributed by atoms with Gasteiger partial charge in [-0.1, -0.05) is 12.1 Å². The van der Waals surface area contributed by atoms with Crippen molar-refractivity contribution < 1.29 is 13.9 Å². The lowest BCUT2D eigenvalue weighted by Crippen LogP contribution is -2.07. The molecule has 1 N–H and O–H groups in total. The Hall–Kier alpha value is -2.07. The molecule has 0 aliphatic rings. The number of benzene rings is 2. The molecule has 3 nitrogen and oxygen atoms in total. The van der Waals surface area contributed by atoms with Gasteiger partial charge in [0.25, 0.3) is 0 Å². The van der Waals surface area contributed by atoms with Gasteiger partial charge in [-0.05, 0) is 48.0 Å². The minimum Gasteiger partial charge on any atom is -0.493 e. The van der Waals surface area contributed by atoms with E-state index in [2.05, 4.69) is 5.32 Å². The van der Waals surface area contributed by atoms with E-state index in [0.29, 0.717) is 18.0 Å². The van der Waals surface area contributed by atoms with Crippen molar-refractivity contribution in [2.24, 2.45) is 0 Å². The summed E-state index contributed by atoms with van der Waals surface area (Å²) < 4.78 is 24.1. The van der Waals surface area contributed by atoms with Gasteiger partial charge in [-0.25, -0.2) is 4.39 Å². The van der Waals surface area contributed by atoms with Gasteiger partial charge < -0.3 is 14.8 Å². The first-order chi connectivity index (χ1) is 9.69. The molecule has 0 atom stereocenters. The van der Waals surface area contributed by atoms with Crippen LogP contribution in [-0.2, 0) is 6.54 Å². The molecule has 2 rings (SSSR count). The zero-order chi connectivity index (χ0) is 14.5. The Morgan fingerprint density at radius 3 is 2.35 bits per heavy atom. The lowest BCUT2D eigenvalue weighted by molar-refractivity contribution is 0.354. The van der Waals surface area contributed by atoms with E-state index in [4.69, 9.17) is 9.47 Å². The molecule has 0 heterocycles. The second kappa shape index (κ2) is 6.39. The molecule has 0 spiro atoms. The Bertz CT molecular complexity index is 599. The molecule has 2 aromatic carbocycles. The van der Waals surface area contributed by atoms with Crippen molar-refractivity contribution in [1.29, 1.82) is 0 Å². The van der Waals surface area contributed by atoms with Gasteiger partial charge in [0.2, 0.25) is 0 Å². The molecule has 0 fully saturated rings. The molecule has 0 unspecified atom stereocenters. The van der Waals surface area contributed by atoms with E-state index >= 15 is 0 Å². The largest absolute Gasteiger partial charge is 0.493 e. The van der Waals surface area contributed by atoms with Crippen molar-refractivity contribution in [3.05, 3.63) is 47.8 Å². The smallest absolute Gasteiger partial charge is 0.161 e. The third-order valence-electron chi connectivity index (χ3n) is 3.11. The monoisotopic (exact) mass is 275 g/mol. The fourth-order valence-electron chi connectivity index (χ4n) is 2.18. The van der Waals surface area contributed by atoms with Crippen molar-refractivity contribution >= 4 is 0 Å². The molecule has 106 valence electrons. The van der Waals surface area contributed by atoms with Gasteiger partial charge in [-0.15, -0.1) is 0 Å². The van der Waals surface area contributed by atoms with Crippen LogP contribution in [0, 0.1) is 5.82 Å². The Kier molecular flexibility index (Phi) is 4.58. The van der Waals surface area contributed by atoms with Gasteiger partial charge in [-0.2, -0.15) is 0 Å². The van der Waals surface area contributed by atoms with Crippen molar-refractivity contribution in [2.45, 2.75) is 6.54 Å². The zero-order valence-electron chi connectivity index (χ0n) is 11.9. The fraction of sp³-hybridized carbons (Fsp3) is 0.250. The van der Waals surface area contributed by atoms with Crippen LogP contribution in [0.4, 0.5) is 4.39 Å². The van der Waals surface area contributed by atoms with Crippen LogP contribution in [0.25, 0.3) is 11.1 Å². The Morgan fingerprint density at radius 1 is 1.05 bits per heavy atom. The third-order valence-corrected chi connectivity index (χ3v) is 3.11. The summed E-state index contributed by atoms with van der Waals surface area (Å²) in [6.45, 7) is 0.659. The normalized spacial score (nSPS) is 10.4. The number of hydrogen-bond donors (Lipinski definition) is 1. The summed E-state index contributed by atoms with van der Waals surface area (Å²) >= 11 is 0. The van der Waals surface area contributed by atoms with Gasteiger partial charge in [-0.3, -0.25) is 0 Å². The van der Waals surface area contributed by atoms with Crippen LogP contribution in [0.5, 0.6) is 11.5 Å². The van der Waals surface area contributed by atoms with Crippen LogP contribution >= 0.6 is 0 Å². The molecular weight excluding hydrogens is 257 g/mol. The number of hydrogen-bond acceptors (Lipinski definition) is 3. The molecule has 0 radical (unpaired) electrons. The Labute approximate surface area is 118 Å². The predicted octanol–water partition coefficient (Wildman–Crippen LogP) is 3.23. The van der Waals surface area contributed by atoms with E-state index in [1.54, 1.807) is 20.3 Å². The lowest BCUT2D eigenvalue weighted by Gasteiger charge is -2.15. The number of methoxy groups -OCH3 is 2. The zero-order valence-corrected chi connectivity index (χ0v) is 11.9. The van der Waals surface area contributed by atoms with Gasteiger partial charge in [0, 0.05) is 6.54 Å². The highest BCUT2D eigenvalue weighted by atomic mass is 19.1. The second-order valence-electron chi connectivity index (χ2n) is 4.41. The molecule has 0 aromatic heterocycles. The highest BCUT2D eigenvalue weighted by Gasteiger charge is 2.12. The maximum Gasteiger partial charge on any atom is 0.161 e. The predicted molar refractivity (Wildman–Crippen MR) is 77.7 cm³/mol. The molecular formula is C16H18FNO2. The minimum absolute atomic E-state index is 0.257. The maximum absolute atomic E-state index is 13.4. The standard InChI is InChI=1S/C16H18FNO2/c1-18-10-12-8-15(19-2)16(20-3)9-14(12)11-5-4-6-13(17)7-11/h4-9,18H,10H2,1-3H3. The Morgan fingerprint density at radius 2 is 1.75 bits per heavy atom.